The number of rotatable bonds is 4. The van der Waals surface area contributed by atoms with Crippen molar-refractivity contribution in [3.8, 4) is 5.75 Å². The van der Waals surface area contributed by atoms with Crippen molar-refractivity contribution in [1.82, 2.24) is 4.98 Å². The van der Waals surface area contributed by atoms with E-state index >= 15 is 0 Å². The number of aromatic carboxylic acids is 1. The third-order valence-corrected chi connectivity index (χ3v) is 3.18. The number of hydrogen-bond acceptors (Lipinski definition) is 3. The first-order chi connectivity index (χ1) is 10.6. The zero-order chi connectivity index (χ0) is 15.5. The number of nitrogens with zero attached hydrogens (tertiary/aromatic N) is 1. The Kier molecular flexibility index (Phi) is 3.70. The highest BCUT2D eigenvalue weighted by atomic mass is 19.1. The Hall–Kier alpha value is -2.95. The average molecular weight is 297 g/mol. The molecule has 5 heteroatoms. The molecule has 3 aromatic rings. The quantitative estimate of drug-likeness (QED) is 0.798. The second kappa shape index (κ2) is 5.81. The Bertz CT molecular complexity index is 834. The highest BCUT2D eigenvalue weighted by molar-refractivity contribution is 5.93. The van der Waals surface area contributed by atoms with E-state index in [-0.39, 0.29) is 18.1 Å². The lowest BCUT2D eigenvalue weighted by Gasteiger charge is -2.10. The van der Waals surface area contributed by atoms with Gasteiger partial charge in [0.2, 0.25) is 0 Å². The van der Waals surface area contributed by atoms with Crippen molar-refractivity contribution in [3.63, 3.8) is 0 Å². The maximum atomic E-state index is 13.3. The summed E-state index contributed by atoms with van der Waals surface area (Å²) in [6, 6.07) is 14.8. The number of carboxylic acid groups (broad SMARTS) is 1. The molecule has 2 aromatic carbocycles. The van der Waals surface area contributed by atoms with Crippen LogP contribution in [0.15, 0.2) is 54.6 Å². The van der Waals surface area contributed by atoms with E-state index in [0.717, 1.165) is 5.56 Å². The number of carboxylic acids is 1. The summed E-state index contributed by atoms with van der Waals surface area (Å²) in [6.45, 7) is 0.212. The van der Waals surface area contributed by atoms with E-state index in [1.165, 1.54) is 24.3 Å². The van der Waals surface area contributed by atoms with Crippen LogP contribution in [0.2, 0.25) is 0 Å². The molecule has 0 fully saturated rings. The van der Waals surface area contributed by atoms with Crippen LogP contribution in [0.1, 0.15) is 16.1 Å². The molecule has 0 aliphatic carbocycles. The van der Waals surface area contributed by atoms with Crippen LogP contribution in [-0.2, 0) is 6.61 Å². The van der Waals surface area contributed by atoms with Gasteiger partial charge in [0.15, 0.2) is 11.4 Å². The lowest BCUT2D eigenvalue weighted by molar-refractivity contribution is 0.0685. The first kappa shape index (κ1) is 14.0. The van der Waals surface area contributed by atoms with Gasteiger partial charge in [-0.15, -0.1) is 0 Å². The van der Waals surface area contributed by atoms with E-state index in [9.17, 15) is 14.3 Å². The monoisotopic (exact) mass is 297 g/mol. The molecule has 0 saturated carbocycles. The van der Waals surface area contributed by atoms with E-state index in [0.29, 0.717) is 10.9 Å². The molecule has 0 spiro atoms. The van der Waals surface area contributed by atoms with Crippen molar-refractivity contribution in [1.29, 1.82) is 0 Å². The molecule has 1 N–H and O–H groups in total. The zero-order valence-electron chi connectivity index (χ0n) is 11.5. The number of pyridine rings is 1. The predicted molar refractivity (Wildman–Crippen MR) is 79.4 cm³/mol. The molecular formula is C17H12FNO3. The minimum absolute atomic E-state index is 0.120. The van der Waals surface area contributed by atoms with Gasteiger partial charge in [0.25, 0.3) is 0 Å². The number of fused-ring (bicyclic) bond motifs is 1. The summed E-state index contributed by atoms with van der Waals surface area (Å²) in [5.74, 6) is -1.48. The zero-order valence-corrected chi connectivity index (χ0v) is 11.5. The molecule has 0 unspecified atom stereocenters. The molecule has 0 aliphatic rings. The van der Waals surface area contributed by atoms with Crippen LogP contribution in [0.5, 0.6) is 5.75 Å². The van der Waals surface area contributed by atoms with Gasteiger partial charge in [-0.05, 0) is 29.8 Å². The fourth-order valence-corrected chi connectivity index (χ4v) is 2.13. The number of halogens is 1. The van der Waals surface area contributed by atoms with Gasteiger partial charge < -0.3 is 9.84 Å². The van der Waals surface area contributed by atoms with Crippen LogP contribution in [-0.4, -0.2) is 16.1 Å². The molecule has 1 heterocycles. The van der Waals surface area contributed by atoms with Crippen LogP contribution < -0.4 is 4.74 Å². The lowest BCUT2D eigenvalue weighted by Crippen LogP contribution is -2.06. The maximum Gasteiger partial charge on any atom is 0.358 e. The minimum Gasteiger partial charge on any atom is -0.486 e. The molecule has 1 aromatic heterocycles. The molecular weight excluding hydrogens is 285 g/mol. The van der Waals surface area contributed by atoms with Crippen LogP contribution >= 0.6 is 0 Å². The fourth-order valence-electron chi connectivity index (χ4n) is 2.13. The standard InChI is InChI=1S/C17H12FNO3/c18-13-6-7-14-12(8-13)9-15(16(19-14)17(20)21)22-10-11-4-2-1-3-5-11/h1-9H,10H2,(H,20,21). The largest absolute Gasteiger partial charge is 0.486 e. The Morgan fingerprint density at radius 1 is 1.14 bits per heavy atom. The molecule has 22 heavy (non-hydrogen) atoms. The molecule has 0 amide bonds. The molecule has 0 radical (unpaired) electrons. The summed E-state index contributed by atoms with van der Waals surface area (Å²) in [5.41, 5.74) is 1.12. The molecule has 0 saturated heterocycles. The van der Waals surface area contributed by atoms with Gasteiger partial charge in [-0.25, -0.2) is 14.2 Å². The molecule has 3 rings (SSSR count). The summed E-state index contributed by atoms with van der Waals surface area (Å²) in [7, 11) is 0. The van der Waals surface area contributed by atoms with Gasteiger partial charge in [-0.2, -0.15) is 0 Å². The summed E-state index contributed by atoms with van der Waals surface area (Å²) in [5, 5.41) is 9.75. The third kappa shape index (κ3) is 2.88. The van der Waals surface area contributed by atoms with Crippen molar-refractivity contribution in [2.24, 2.45) is 0 Å². The van der Waals surface area contributed by atoms with Crippen LogP contribution in [0.25, 0.3) is 10.9 Å². The number of carbonyl (C=O) groups is 1. The van der Waals surface area contributed by atoms with E-state index in [2.05, 4.69) is 4.98 Å². The van der Waals surface area contributed by atoms with E-state index in [4.69, 9.17) is 4.74 Å². The molecule has 0 bridgehead atoms. The van der Waals surface area contributed by atoms with E-state index < -0.39 is 11.8 Å². The Morgan fingerprint density at radius 3 is 2.64 bits per heavy atom. The van der Waals surface area contributed by atoms with Crippen molar-refractivity contribution in [3.05, 3.63) is 71.7 Å². The minimum atomic E-state index is -1.19. The second-order valence-corrected chi connectivity index (χ2v) is 4.75. The number of hydrogen-bond donors (Lipinski definition) is 1. The van der Waals surface area contributed by atoms with Gasteiger partial charge in [-0.1, -0.05) is 30.3 Å². The van der Waals surface area contributed by atoms with Gasteiger partial charge >= 0.3 is 5.97 Å². The van der Waals surface area contributed by atoms with Crippen LogP contribution in [0.3, 0.4) is 0 Å². The highest BCUT2D eigenvalue weighted by Crippen LogP contribution is 2.24. The first-order valence-corrected chi connectivity index (χ1v) is 6.64. The third-order valence-electron chi connectivity index (χ3n) is 3.18. The topological polar surface area (TPSA) is 59.4 Å². The Labute approximate surface area is 125 Å². The van der Waals surface area contributed by atoms with Crippen molar-refractivity contribution >= 4 is 16.9 Å². The van der Waals surface area contributed by atoms with E-state index in [1.807, 2.05) is 30.3 Å². The Morgan fingerprint density at radius 2 is 1.91 bits per heavy atom. The normalized spacial score (nSPS) is 10.6. The summed E-state index contributed by atoms with van der Waals surface area (Å²) in [6.07, 6.45) is 0. The molecule has 0 aliphatic heterocycles. The van der Waals surface area contributed by atoms with Crippen LogP contribution in [0.4, 0.5) is 4.39 Å². The first-order valence-electron chi connectivity index (χ1n) is 6.64. The number of ether oxygens (including phenoxy) is 1. The smallest absolute Gasteiger partial charge is 0.358 e. The number of benzene rings is 2. The summed E-state index contributed by atoms with van der Waals surface area (Å²) < 4.78 is 18.9. The highest BCUT2D eigenvalue weighted by Gasteiger charge is 2.15. The Balaban J connectivity index is 1.98. The SMILES string of the molecule is O=C(O)c1nc2ccc(F)cc2cc1OCc1ccccc1. The van der Waals surface area contributed by atoms with Crippen molar-refractivity contribution < 1.29 is 19.0 Å². The summed E-state index contributed by atoms with van der Waals surface area (Å²) >= 11 is 0. The predicted octanol–water partition coefficient (Wildman–Crippen LogP) is 3.65. The summed E-state index contributed by atoms with van der Waals surface area (Å²) in [4.78, 5) is 15.4. The number of aromatic nitrogens is 1. The fraction of sp³-hybridized carbons (Fsp3) is 0.0588. The van der Waals surface area contributed by atoms with Crippen LogP contribution in [0, 0.1) is 5.82 Å². The van der Waals surface area contributed by atoms with Crippen molar-refractivity contribution in [2.45, 2.75) is 6.61 Å². The van der Waals surface area contributed by atoms with Gasteiger partial charge in [0, 0.05) is 5.39 Å². The van der Waals surface area contributed by atoms with Crippen molar-refractivity contribution in [2.75, 3.05) is 0 Å². The van der Waals surface area contributed by atoms with Gasteiger partial charge in [0.05, 0.1) is 5.52 Å². The average Bonchev–Trinajstić information content (AvgIpc) is 2.52. The maximum absolute atomic E-state index is 13.3. The molecule has 110 valence electrons. The van der Waals surface area contributed by atoms with E-state index in [1.54, 1.807) is 0 Å². The van der Waals surface area contributed by atoms with Gasteiger partial charge in [0.1, 0.15) is 12.4 Å². The lowest BCUT2D eigenvalue weighted by atomic mass is 10.2. The molecule has 0 atom stereocenters. The van der Waals surface area contributed by atoms with Gasteiger partial charge in [-0.3, -0.25) is 0 Å². The second-order valence-electron chi connectivity index (χ2n) is 4.75. The molecule has 4 nitrogen and oxygen atoms in total.